The number of ketones is 1. The summed E-state index contributed by atoms with van der Waals surface area (Å²) < 4.78 is 5.53. The Morgan fingerprint density at radius 1 is 0.921 bits per heavy atom. The van der Waals surface area contributed by atoms with E-state index in [4.69, 9.17) is 4.74 Å². The van der Waals surface area contributed by atoms with Crippen molar-refractivity contribution in [1.82, 2.24) is 10.2 Å². The molecule has 1 aliphatic rings. The molecule has 1 heterocycles. The lowest BCUT2D eigenvalue weighted by Crippen LogP contribution is -2.48. The van der Waals surface area contributed by atoms with Crippen molar-refractivity contribution in [2.24, 2.45) is 0 Å². The van der Waals surface area contributed by atoms with Crippen LogP contribution in [0.1, 0.15) is 72.4 Å². The number of nitrogens with one attached hydrogen (secondary N) is 1. The van der Waals surface area contributed by atoms with E-state index in [0.717, 1.165) is 17.7 Å². The van der Waals surface area contributed by atoms with Crippen molar-refractivity contribution in [1.29, 1.82) is 0 Å². The Kier molecular flexibility index (Phi) is 8.46. The first-order valence-electron chi connectivity index (χ1n) is 13.3. The van der Waals surface area contributed by atoms with E-state index in [1.807, 2.05) is 49.4 Å². The van der Waals surface area contributed by atoms with E-state index < -0.39 is 11.6 Å². The van der Waals surface area contributed by atoms with Crippen LogP contribution in [0.3, 0.4) is 0 Å². The van der Waals surface area contributed by atoms with Gasteiger partial charge in [0.05, 0.1) is 17.2 Å². The van der Waals surface area contributed by atoms with Crippen LogP contribution in [0.4, 0.5) is 0 Å². The smallest absolute Gasteiger partial charge is 0.343 e. The zero-order valence-corrected chi connectivity index (χ0v) is 22.7. The Balaban J connectivity index is 1.30. The molecule has 38 heavy (non-hydrogen) atoms. The number of benzene rings is 3. The zero-order chi connectivity index (χ0) is 27.3. The predicted octanol–water partition coefficient (Wildman–Crippen LogP) is 5.35. The molecule has 0 bridgehead atoms. The quantitative estimate of drug-likeness (QED) is 0.240. The Hall–Kier alpha value is -3.32. The van der Waals surface area contributed by atoms with E-state index in [1.54, 1.807) is 36.4 Å². The van der Waals surface area contributed by atoms with E-state index in [2.05, 4.69) is 31.0 Å². The number of nitrogens with zero attached hydrogens (tertiary/aromatic N) is 1. The molecule has 0 amide bonds. The fourth-order valence-corrected chi connectivity index (χ4v) is 4.70. The molecule has 0 spiro atoms. The summed E-state index contributed by atoms with van der Waals surface area (Å²) in [5, 5.41) is 14.5. The molecule has 0 radical (unpaired) electrons. The van der Waals surface area contributed by atoms with Crippen molar-refractivity contribution in [2.45, 2.75) is 64.3 Å². The molecular weight excluding hydrogens is 476 g/mol. The molecular formula is C32H38N2O4. The summed E-state index contributed by atoms with van der Waals surface area (Å²) in [6.45, 7) is 10.2. The van der Waals surface area contributed by atoms with Gasteiger partial charge in [0.15, 0.2) is 5.78 Å². The van der Waals surface area contributed by atoms with Gasteiger partial charge < -0.3 is 15.2 Å². The summed E-state index contributed by atoms with van der Waals surface area (Å²) in [6.07, 6.45) is 1.16. The van der Waals surface area contributed by atoms with Crippen molar-refractivity contribution in [2.75, 3.05) is 13.1 Å². The number of rotatable bonds is 8. The van der Waals surface area contributed by atoms with E-state index in [9.17, 15) is 14.7 Å². The fourth-order valence-electron chi connectivity index (χ4n) is 4.70. The maximum Gasteiger partial charge on any atom is 0.343 e. The summed E-state index contributed by atoms with van der Waals surface area (Å²) in [5.41, 5.74) is 2.22. The van der Waals surface area contributed by atoms with Crippen LogP contribution in [-0.2, 0) is 12.1 Å². The van der Waals surface area contributed by atoms with Gasteiger partial charge in [-0.1, -0.05) is 42.5 Å². The minimum atomic E-state index is -0.852. The predicted molar refractivity (Wildman–Crippen MR) is 149 cm³/mol. The zero-order valence-electron chi connectivity index (χ0n) is 22.7. The number of carbonyl (C=O) groups excluding carboxylic acids is 2. The van der Waals surface area contributed by atoms with Gasteiger partial charge in [0.2, 0.25) is 0 Å². The van der Waals surface area contributed by atoms with Crippen molar-refractivity contribution in [3.63, 3.8) is 0 Å². The Morgan fingerprint density at radius 2 is 1.50 bits per heavy atom. The molecule has 1 aliphatic heterocycles. The van der Waals surface area contributed by atoms with E-state index in [1.165, 1.54) is 0 Å². The summed E-state index contributed by atoms with van der Waals surface area (Å²) in [6, 6.07) is 23.5. The van der Waals surface area contributed by atoms with E-state index in [-0.39, 0.29) is 17.4 Å². The highest BCUT2D eigenvalue weighted by atomic mass is 16.5. The molecule has 200 valence electrons. The second-order valence-corrected chi connectivity index (χ2v) is 11.2. The lowest BCUT2D eigenvalue weighted by molar-refractivity contribution is -0.0318. The van der Waals surface area contributed by atoms with Crippen molar-refractivity contribution in [3.05, 3.63) is 101 Å². The number of piperidine rings is 1. The van der Waals surface area contributed by atoms with Gasteiger partial charge in [-0.2, -0.15) is 0 Å². The van der Waals surface area contributed by atoms with Crippen LogP contribution in [-0.4, -0.2) is 46.4 Å². The van der Waals surface area contributed by atoms with Gasteiger partial charge in [0.1, 0.15) is 5.75 Å². The van der Waals surface area contributed by atoms with Crippen molar-refractivity contribution >= 4 is 11.8 Å². The third-order valence-electron chi connectivity index (χ3n) is 7.23. The van der Waals surface area contributed by atoms with Crippen LogP contribution in [0.5, 0.6) is 5.75 Å². The standard InChI is InChI=1S/C32H38N2O4/c1-23(34-20-18-32(37,19-21-34)27-8-6-5-7-9-27)29(35)25-14-16-28(17-15-25)38-30(36)26-12-10-24(11-13-26)22-33-31(2,3)4/h5-17,23,33,37H,18-22H2,1-4H3. The van der Waals surface area contributed by atoms with Crippen LogP contribution in [0, 0.1) is 0 Å². The maximum atomic E-state index is 13.2. The summed E-state index contributed by atoms with van der Waals surface area (Å²) >= 11 is 0. The fraction of sp³-hybridized carbons (Fsp3) is 0.375. The molecule has 1 atom stereocenters. The number of likely N-dealkylation sites (tertiary alicyclic amines) is 1. The summed E-state index contributed by atoms with van der Waals surface area (Å²) in [4.78, 5) is 27.9. The van der Waals surface area contributed by atoms with Gasteiger partial charge >= 0.3 is 5.97 Å². The number of hydrogen-bond donors (Lipinski definition) is 2. The molecule has 0 aliphatic carbocycles. The van der Waals surface area contributed by atoms with Crippen LogP contribution in [0.15, 0.2) is 78.9 Å². The van der Waals surface area contributed by atoms with Crippen molar-refractivity contribution < 1.29 is 19.4 Å². The second kappa shape index (κ2) is 11.6. The number of esters is 1. The number of carbonyl (C=O) groups is 2. The van der Waals surface area contributed by atoms with Gasteiger partial charge in [-0.3, -0.25) is 9.69 Å². The lowest BCUT2D eigenvalue weighted by atomic mass is 9.84. The molecule has 4 rings (SSSR count). The van der Waals surface area contributed by atoms with Crippen LogP contribution < -0.4 is 10.1 Å². The van der Waals surface area contributed by atoms with Crippen LogP contribution in [0.2, 0.25) is 0 Å². The topological polar surface area (TPSA) is 78.9 Å². The third-order valence-corrected chi connectivity index (χ3v) is 7.23. The van der Waals surface area contributed by atoms with Crippen LogP contribution in [0.25, 0.3) is 0 Å². The average Bonchev–Trinajstić information content (AvgIpc) is 2.92. The Bertz CT molecular complexity index is 1220. The SMILES string of the molecule is CC(C(=O)c1ccc(OC(=O)c2ccc(CNC(C)(C)C)cc2)cc1)N1CCC(O)(c2ccccc2)CC1. The lowest BCUT2D eigenvalue weighted by Gasteiger charge is -2.40. The minimum Gasteiger partial charge on any atom is -0.423 e. The van der Waals surface area contributed by atoms with Gasteiger partial charge in [-0.05, 0) is 88.1 Å². The number of hydrogen-bond acceptors (Lipinski definition) is 6. The molecule has 1 fully saturated rings. The maximum absolute atomic E-state index is 13.2. The molecule has 1 saturated heterocycles. The number of ether oxygens (including phenoxy) is 1. The molecule has 3 aromatic carbocycles. The molecule has 0 saturated carbocycles. The molecule has 2 N–H and O–H groups in total. The number of aliphatic hydroxyl groups is 1. The highest BCUT2D eigenvalue weighted by molar-refractivity contribution is 6.00. The Morgan fingerprint density at radius 3 is 2.08 bits per heavy atom. The minimum absolute atomic E-state index is 0.00693. The van der Waals surface area contributed by atoms with E-state index >= 15 is 0 Å². The molecule has 3 aromatic rings. The molecule has 6 heteroatoms. The highest BCUT2D eigenvalue weighted by Crippen LogP contribution is 2.33. The third kappa shape index (κ3) is 6.95. The first kappa shape index (κ1) is 27.7. The first-order chi connectivity index (χ1) is 18.0. The van der Waals surface area contributed by atoms with E-state index in [0.29, 0.717) is 42.8 Å². The summed E-state index contributed by atoms with van der Waals surface area (Å²) in [7, 11) is 0. The molecule has 1 unspecified atom stereocenters. The monoisotopic (exact) mass is 514 g/mol. The van der Waals surface area contributed by atoms with Crippen LogP contribution >= 0.6 is 0 Å². The number of Topliss-reactive ketones (excluding diaryl/α,β-unsaturated/α-hetero) is 1. The Labute approximate surface area is 225 Å². The van der Waals surface area contributed by atoms with Crippen molar-refractivity contribution in [3.8, 4) is 5.75 Å². The largest absolute Gasteiger partial charge is 0.423 e. The van der Waals surface area contributed by atoms with Gasteiger partial charge in [-0.15, -0.1) is 0 Å². The normalized spacial score (nSPS) is 16.6. The second-order valence-electron chi connectivity index (χ2n) is 11.2. The molecule has 0 aromatic heterocycles. The molecule has 6 nitrogen and oxygen atoms in total. The van der Waals surface area contributed by atoms with Gasteiger partial charge in [-0.25, -0.2) is 4.79 Å². The summed E-state index contributed by atoms with van der Waals surface area (Å²) in [5.74, 6) is -0.0388. The highest BCUT2D eigenvalue weighted by Gasteiger charge is 2.36. The average molecular weight is 515 g/mol. The van der Waals surface area contributed by atoms with Gasteiger partial charge in [0, 0.05) is 30.7 Å². The first-order valence-corrected chi connectivity index (χ1v) is 13.3. The van der Waals surface area contributed by atoms with Gasteiger partial charge in [0.25, 0.3) is 0 Å².